The third kappa shape index (κ3) is 6.12. The van der Waals surface area contributed by atoms with Crippen LogP contribution < -0.4 is 5.32 Å². The molecule has 5 nitrogen and oxygen atoms in total. The summed E-state index contributed by atoms with van der Waals surface area (Å²) in [6.45, 7) is 6.74. The van der Waals surface area contributed by atoms with Crippen LogP contribution in [0.25, 0.3) is 0 Å². The summed E-state index contributed by atoms with van der Waals surface area (Å²) in [5.41, 5.74) is -1.03. The molecular weight excluding hydrogens is 426 g/mol. The second kappa shape index (κ2) is 9.36. The minimum atomic E-state index is -1.51. The molecule has 0 aliphatic heterocycles. The summed E-state index contributed by atoms with van der Waals surface area (Å²) in [7, 11) is 0. The van der Waals surface area contributed by atoms with Crippen molar-refractivity contribution in [2.45, 2.75) is 52.2 Å². The number of rotatable bonds is 5. The first kappa shape index (κ1) is 23.8. The predicted molar refractivity (Wildman–Crippen MR) is 125 cm³/mol. The third-order valence-corrected chi connectivity index (χ3v) is 5.27. The van der Waals surface area contributed by atoms with Gasteiger partial charge in [-0.15, -0.1) is 0 Å². The molecular formula is C26H28ClNO4. The van der Waals surface area contributed by atoms with Crippen LogP contribution in [-0.2, 0) is 19.9 Å². The van der Waals surface area contributed by atoms with Gasteiger partial charge in [0.25, 0.3) is 5.91 Å². The molecule has 1 fully saturated rings. The molecule has 1 saturated carbocycles. The first-order chi connectivity index (χ1) is 15.0. The largest absolute Gasteiger partial charge is 0.447 e. The number of carbonyl (C=O) groups excluding carboxylic acids is 2. The zero-order chi connectivity index (χ0) is 23.5. The summed E-state index contributed by atoms with van der Waals surface area (Å²) in [5, 5.41) is 14.2. The van der Waals surface area contributed by atoms with Crippen molar-refractivity contribution in [1.82, 2.24) is 0 Å². The van der Waals surface area contributed by atoms with E-state index in [0.29, 0.717) is 27.8 Å². The number of amides is 1. The highest BCUT2D eigenvalue weighted by atomic mass is 35.5. The van der Waals surface area contributed by atoms with Crippen LogP contribution in [0.1, 0.15) is 57.8 Å². The van der Waals surface area contributed by atoms with Crippen molar-refractivity contribution in [3.8, 4) is 11.8 Å². The highest BCUT2D eigenvalue weighted by Crippen LogP contribution is 2.34. The third-order valence-electron chi connectivity index (χ3n) is 5.04. The summed E-state index contributed by atoms with van der Waals surface area (Å²) >= 11 is 6.17. The molecule has 0 heterocycles. The maximum atomic E-state index is 13.3. The highest BCUT2D eigenvalue weighted by Gasteiger charge is 2.33. The average molecular weight is 454 g/mol. The zero-order valence-corrected chi connectivity index (χ0v) is 19.5. The van der Waals surface area contributed by atoms with Crippen LogP contribution in [-0.4, -0.2) is 17.0 Å². The minimum absolute atomic E-state index is 0.304. The van der Waals surface area contributed by atoms with Gasteiger partial charge in [0.2, 0.25) is 6.10 Å². The van der Waals surface area contributed by atoms with Gasteiger partial charge in [-0.25, -0.2) is 0 Å². The van der Waals surface area contributed by atoms with Gasteiger partial charge in [-0.05, 0) is 58.7 Å². The Morgan fingerprint density at radius 1 is 1.12 bits per heavy atom. The summed E-state index contributed by atoms with van der Waals surface area (Å²) in [5.74, 6) is 5.23. The summed E-state index contributed by atoms with van der Waals surface area (Å²) in [6, 6.07) is 13.6. The molecule has 1 aliphatic rings. The highest BCUT2D eigenvalue weighted by molar-refractivity contribution is 6.30. The Balaban J connectivity index is 1.92. The Labute approximate surface area is 194 Å². The molecule has 3 rings (SSSR count). The Bertz CT molecular complexity index is 1060. The maximum Gasteiger partial charge on any atom is 0.312 e. The van der Waals surface area contributed by atoms with E-state index in [0.717, 1.165) is 12.8 Å². The van der Waals surface area contributed by atoms with Crippen molar-refractivity contribution in [2.24, 2.45) is 11.3 Å². The summed E-state index contributed by atoms with van der Waals surface area (Å²) in [6.07, 6.45) is 0.897. The molecule has 0 unspecified atom stereocenters. The second-order valence-electron chi connectivity index (χ2n) is 9.24. The predicted octanol–water partition coefficient (Wildman–Crippen LogP) is 5.23. The first-order valence-electron chi connectivity index (χ1n) is 10.6. The van der Waals surface area contributed by atoms with Crippen LogP contribution in [0.2, 0.25) is 5.02 Å². The van der Waals surface area contributed by atoms with Gasteiger partial charge in [0.1, 0.15) is 5.60 Å². The van der Waals surface area contributed by atoms with Crippen LogP contribution in [0, 0.1) is 23.2 Å². The standard InChI is InChI=1S/C26H28ClNO4/c1-25(2,3)24(30)32-22(18-8-6-5-7-9-18)23(29)28-21-13-12-19(27)16-20(21)26(4,31)15-14-17-10-11-17/h5-9,12-13,16-17,22,31H,10-11H2,1-4H3,(H,28,29)/t22-,26+/m1/s1. The number of carbonyl (C=O) groups is 2. The normalized spacial score (nSPS) is 16.2. The molecule has 2 aromatic rings. The van der Waals surface area contributed by atoms with Gasteiger partial charge in [-0.2, -0.15) is 0 Å². The molecule has 0 spiro atoms. The summed E-state index contributed by atoms with van der Waals surface area (Å²) in [4.78, 5) is 25.8. The minimum Gasteiger partial charge on any atom is -0.447 e. The van der Waals surface area contributed by atoms with E-state index in [1.807, 2.05) is 6.07 Å². The van der Waals surface area contributed by atoms with Crippen molar-refractivity contribution in [3.05, 3.63) is 64.7 Å². The number of esters is 1. The van der Waals surface area contributed by atoms with Crippen LogP contribution >= 0.6 is 11.6 Å². The number of anilines is 1. The Kier molecular flexibility index (Phi) is 6.97. The van der Waals surface area contributed by atoms with Crippen LogP contribution in [0.3, 0.4) is 0 Å². The zero-order valence-electron chi connectivity index (χ0n) is 18.7. The van der Waals surface area contributed by atoms with Crippen molar-refractivity contribution in [3.63, 3.8) is 0 Å². The number of ether oxygens (including phenoxy) is 1. The fourth-order valence-corrected chi connectivity index (χ4v) is 3.12. The number of benzene rings is 2. The van der Waals surface area contributed by atoms with E-state index in [1.165, 1.54) is 0 Å². The van der Waals surface area contributed by atoms with E-state index in [1.54, 1.807) is 70.2 Å². The molecule has 2 N–H and O–H groups in total. The number of hydrogen-bond acceptors (Lipinski definition) is 4. The van der Waals surface area contributed by atoms with Crippen LogP contribution in [0.15, 0.2) is 48.5 Å². The summed E-state index contributed by atoms with van der Waals surface area (Å²) < 4.78 is 5.60. The average Bonchev–Trinajstić information content (AvgIpc) is 3.56. The topological polar surface area (TPSA) is 75.6 Å². The van der Waals surface area contributed by atoms with Gasteiger partial charge in [0.15, 0.2) is 0 Å². The quantitative estimate of drug-likeness (QED) is 0.480. The van der Waals surface area contributed by atoms with Crippen molar-refractivity contribution in [2.75, 3.05) is 5.32 Å². The van der Waals surface area contributed by atoms with Gasteiger partial charge in [-0.1, -0.05) is 53.8 Å². The van der Waals surface area contributed by atoms with Gasteiger partial charge in [0.05, 0.1) is 5.41 Å². The van der Waals surface area contributed by atoms with Crippen molar-refractivity contribution >= 4 is 29.2 Å². The fraction of sp³-hybridized carbons (Fsp3) is 0.385. The molecule has 168 valence electrons. The van der Waals surface area contributed by atoms with Crippen molar-refractivity contribution < 1.29 is 19.4 Å². The van der Waals surface area contributed by atoms with E-state index < -0.39 is 29.0 Å². The second-order valence-corrected chi connectivity index (χ2v) is 9.68. The number of halogens is 1. The maximum absolute atomic E-state index is 13.3. The van der Waals surface area contributed by atoms with Gasteiger partial charge < -0.3 is 15.2 Å². The molecule has 2 atom stereocenters. The van der Waals surface area contributed by atoms with Crippen LogP contribution in [0.4, 0.5) is 5.69 Å². The number of aliphatic hydroxyl groups is 1. The SMILES string of the molecule is CC(C)(C)C(=O)O[C@@H](C(=O)Nc1ccc(Cl)cc1[C@@](C)(O)C#CC1CC1)c1ccccc1. The molecule has 6 heteroatoms. The van der Waals surface area contributed by atoms with E-state index in [4.69, 9.17) is 16.3 Å². The van der Waals surface area contributed by atoms with Gasteiger partial charge in [-0.3, -0.25) is 9.59 Å². The van der Waals surface area contributed by atoms with Crippen LogP contribution in [0.5, 0.6) is 0 Å². The van der Waals surface area contributed by atoms with E-state index >= 15 is 0 Å². The Morgan fingerprint density at radius 3 is 2.38 bits per heavy atom. The lowest BCUT2D eigenvalue weighted by Crippen LogP contribution is -2.32. The van der Waals surface area contributed by atoms with Crippen molar-refractivity contribution in [1.29, 1.82) is 0 Å². The molecule has 1 aliphatic carbocycles. The Hall–Kier alpha value is -2.81. The molecule has 0 radical (unpaired) electrons. The number of nitrogens with one attached hydrogen (secondary N) is 1. The molecule has 2 aromatic carbocycles. The lowest BCUT2D eigenvalue weighted by atomic mass is 9.94. The fourth-order valence-electron chi connectivity index (χ4n) is 2.95. The molecule has 32 heavy (non-hydrogen) atoms. The van der Waals surface area contributed by atoms with Gasteiger partial charge >= 0.3 is 5.97 Å². The molecule has 0 bridgehead atoms. The number of hydrogen-bond donors (Lipinski definition) is 2. The smallest absolute Gasteiger partial charge is 0.312 e. The van der Waals surface area contributed by atoms with Gasteiger partial charge in [0, 0.05) is 27.8 Å². The van der Waals surface area contributed by atoms with E-state index in [2.05, 4.69) is 17.2 Å². The monoisotopic (exact) mass is 453 g/mol. The first-order valence-corrected chi connectivity index (χ1v) is 11.0. The van der Waals surface area contributed by atoms with E-state index in [-0.39, 0.29) is 0 Å². The molecule has 1 amide bonds. The van der Waals surface area contributed by atoms with E-state index in [9.17, 15) is 14.7 Å². The molecule has 0 aromatic heterocycles. The lowest BCUT2D eigenvalue weighted by molar-refractivity contribution is -0.162. The molecule has 0 saturated heterocycles. The Morgan fingerprint density at radius 2 is 1.78 bits per heavy atom. The lowest BCUT2D eigenvalue weighted by Gasteiger charge is -2.25.